The molecule has 0 unspecified atom stereocenters. The highest BCUT2D eigenvalue weighted by Gasteiger charge is 2.06. The molecule has 0 aliphatic rings. The van der Waals surface area contributed by atoms with Crippen LogP contribution in [0.1, 0.15) is 11.1 Å². The van der Waals surface area contributed by atoms with Crippen molar-refractivity contribution in [3.63, 3.8) is 0 Å². The molecule has 0 radical (unpaired) electrons. The van der Waals surface area contributed by atoms with Crippen LogP contribution in [0.4, 0.5) is 5.69 Å². The Kier molecular flexibility index (Phi) is 4.50. The molecular weight excluding hydrogens is 274 g/mol. The van der Waals surface area contributed by atoms with Crippen LogP contribution < -0.4 is 4.74 Å². The van der Waals surface area contributed by atoms with Crippen molar-refractivity contribution in [1.82, 2.24) is 0 Å². The highest BCUT2D eigenvalue weighted by Crippen LogP contribution is 2.20. The maximum Gasteiger partial charge on any atom is 0.307 e. The van der Waals surface area contributed by atoms with Gasteiger partial charge in [-0.15, -0.1) is 0 Å². The highest BCUT2D eigenvalue weighted by molar-refractivity contribution is 5.70. The van der Waals surface area contributed by atoms with Crippen LogP contribution in [0.15, 0.2) is 48.5 Å². The first kappa shape index (κ1) is 14.5. The van der Waals surface area contributed by atoms with Gasteiger partial charge in [-0.1, -0.05) is 30.3 Å². The maximum absolute atomic E-state index is 10.7. The topological polar surface area (TPSA) is 89.7 Å². The number of rotatable bonds is 6. The Balaban J connectivity index is 1.98. The minimum absolute atomic E-state index is 0.0218. The third-order valence-corrected chi connectivity index (χ3v) is 2.81. The minimum Gasteiger partial charge on any atom is -0.489 e. The van der Waals surface area contributed by atoms with E-state index in [0.717, 1.165) is 5.56 Å². The summed E-state index contributed by atoms with van der Waals surface area (Å²) < 4.78 is 5.48. The number of nitro groups is 1. The molecule has 0 aromatic heterocycles. The molecule has 0 saturated heterocycles. The molecule has 6 nitrogen and oxygen atoms in total. The predicted octanol–water partition coefficient (Wildman–Crippen LogP) is 2.80. The number of aliphatic carboxylic acids is 1. The van der Waals surface area contributed by atoms with Crippen LogP contribution in [-0.2, 0) is 17.8 Å². The van der Waals surface area contributed by atoms with E-state index < -0.39 is 10.9 Å². The van der Waals surface area contributed by atoms with Gasteiger partial charge in [0.2, 0.25) is 0 Å². The fourth-order valence-corrected chi connectivity index (χ4v) is 1.78. The van der Waals surface area contributed by atoms with E-state index in [1.807, 2.05) is 0 Å². The summed E-state index contributed by atoms with van der Waals surface area (Å²) in [6, 6.07) is 13.0. The van der Waals surface area contributed by atoms with Crippen molar-refractivity contribution in [1.29, 1.82) is 0 Å². The van der Waals surface area contributed by atoms with Crippen molar-refractivity contribution in [2.45, 2.75) is 13.0 Å². The molecule has 108 valence electrons. The average molecular weight is 287 g/mol. The average Bonchev–Trinajstić information content (AvgIpc) is 2.46. The number of carboxylic acid groups (broad SMARTS) is 1. The molecule has 0 bridgehead atoms. The van der Waals surface area contributed by atoms with Crippen molar-refractivity contribution < 1.29 is 19.6 Å². The number of hydrogen-bond donors (Lipinski definition) is 1. The lowest BCUT2D eigenvalue weighted by Crippen LogP contribution is -2.01. The van der Waals surface area contributed by atoms with Crippen LogP contribution in [0, 0.1) is 10.1 Å². The van der Waals surface area contributed by atoms with Crippen molar-refractivity contribution in [3.05, 3.63) is 69.8 Å². The molecule has 0 heterocycles. The Bertz CT molecular complexity index is 651. The van der Waals surface area contributed by atoms with Crippen molar-refractivity contribution in [3.8, 4) is 5.75 Å². The Morgan fingerprint density at radius 3 is 2.43 bits per heavy atom. The van der Waals surface area contributed by atoms with Crippen molar-refractivity contribution >= 4 is 11.7 Å². The van der Waals surface area contributed by atoms with E-state index >= 15 is 0 Å². The molecule has 2 aromatic carbocycles. The Hall–Kier alpha value is -2.89. The number of hydrogen-bond acceptors (Lipinski definition) is 4. The second kappa shape index (κ2) is 6.51. The summed E-state index contributed by atoms with van der Waals surface area (Å²) in [4.78, 5) is 20.7. The standard InChI is InChI=1S/C15H13NO5/c17-15(18)8-11-4-6-12(7-5-11)10-21-14-3-1-2-13(9-14)16(19)20/h1-7,9H,8,10H2,(H,17,18). The maximum atomic E-state index is 10.7. The van der Waals surface area contributed by atoms with Gasteiger partial charge in [-0.25, -0.2) is 0 Å². The quantitative estimate of drug-likeness (QED) is 0.651. The smallest absolute Gasteiger partial charge is 0.307 e. The van der Waals surface area contributed by atoms with E-state index in [2.05, 4.69) is 0 Å². The molecule has 1 N–H and O–H groups in total. The fourth-order valence-electron chi connectivity index (χ4n) is 1.78. The molecule has 0 saturated carbocycles. The number of nitro benzene ring substituents is 1. The summed E-state index contributed by atoms with van der Waals surface area (Å²) in [6.07, 6.45) is -0.0218. The number of nitrogens with zero attached hydrogens (tertiary/aromatic N) is 1. The summed E-state index contributed by atoms with van der Waals surface area (Å²) >= 11 is 0. The number of carboxylic acids is 1. The predicted molar refractivity (Wildman–Crippen MR) is 75.2 cm³/mol. The first-order valence-corrected chi connectivity index (χ1v) is 6.21. The summed E-state index contributed by atoms with van der Waals surface area (Å²) in [5.41, 5.74) is 1.54. The van der Waals surface area contributed by atoms with E-state index in [9.17, 15) is 14.9 Å². The molecule has 0 fully saturated rings. The second-order valence-corrected chi connectivity index (χ2v) is 4.43. The zero-order chi connectivity index (χ0) is 15.2. The summed E-state index contributed by atoms with van der Waals surface area (Å²) in [5, 5.41) is 19.3. The molecule has 2 aromatic rings. The second-order valence-electron chi connectivity index (χ2n) is 4.43. The zero-order valence-corrected chi connectivity index (χ0v) is 11.1. The molecule has 0 aliphatic heterocycles. The van der Waals surface area contributed by atoms with E-state index in [4.69, 9.17) is 9.84 Å². The van der Waals surface area contributed by atoms with Crippen LogP contribution in [0.3, 0.4) is 0 Å². The van der Waals surface area contributed by atoms with E-state index in [1.54, 1.807) is 36.4 Å². The van der Waals surface area contributed by atoms with Gasteiger partial charge in [-0.2, -0.15) is 0 Å². The number of carbonyl (C=O) groups is 1. The van der Waals surface area contributed by atoms with Crippen molar-refractivity contribution in [2.24, 2.45) is 0 Å². The molecule has 21 heavy (non-hydrogen) atoms. The summed E-state index contributed by atoms with van der Waals surface area (Å²) in [6.45, 7) is 0.258. The number of ether oxygens (including phenoxy) is 1. The first-order chi connectivity index (χ1) is 10.0. The van der Waals surface area contributed by atoms with Crippen LogP contribution >= 0.6 is 0 Å². The molecule has 0 aliphatic carbocycles. The Morgan fingerprint density at radius 1 is 1.14 bits per heavy atom. The number of non-ortho nitro benzene ring substituents is 1. The zero-order valence-electron chi connectivity index (χ0n) is 11.1. The van der Waals surface area contributed by atoms with E-state index in [0.29, 0.717) is 11.3 Å². The monoisotopic (exact) mass is 287 g/mol. The molecule has 0 atom stereocenters. The van der Waals surface area contributed by atoms with Gasteiger partial charge in [0, 0.05) is 6.07 Å². The van der Waals surface area contributed by atoms with E-state index in [-0.39, 0.29) is 18.7 Å². The first-order valence-electron chi connectivity index (χ1n) is 6.21. The van der Waals surface area contributed by atoms with Gasteiger partial charge in [-0.3, -0.25) is 14.9 Å². The lowest BCUT2D eigenvalue weighted by Gasteiger charge is -2.06. The molecule has 0 spiro atoms. The normalized spacial score (nSPS) is 10.1. The highest BCUT2D eigenvalue weighted by atomic mass is 16.6. The summed E-state index contributed by atoms with van der Waals surface area (Å²) in [5.74, 6) is -0.464. The molecular formula is C15H13NO5. The number of benzene rings is 2. The molecule has 0 amide bonds. The van der Waals surface area contributed by atoms with Crippen molar-refractivity contribution in [2.75, 3.05) is 0 Å². The Morgan fingerprint density at radius 2 is 1.81 bits per heavy atom. The van der Waals surface area contributed by atoms with Crippen LogP contribution in [-0.4, -0.2) is 16.0 Å². The van der Waals surface area contributed by atoms with Crippen LogP contribution in [0.25, 0.3) is 0 Å². The van der Waals surface area contributed by atoms with Gasteiger partial charge in [0.25, 0.3) is 5.69 Å². The largest absolute Gasteiger partial charge is 0.489 e. The minimum atomic E-state index is -0.879. The van der Waals surface area contributed by atoms with Gasteiger partial charge in [0.1, 0.15) is 12.4 Å². The van der Waals surface area contributed by atoms with Gasteiger partial charge < -0.3 is 9.84 Å². The lowest BCUT2D eigenvalue weighted by molar-refractivity contribution is -0.384. The molecule has 2 rings (SSSR count). The van der Waals surface area contributed by atoms with Crippen LogP contribution in [0.2, 0.25) is 0 Å². The van der Waals surface area contributed by atoms with Crippen LogP contribution in [0.5, 0.6) is 5.75 Å². The molecule has 6 heteroatoms. The van der Waals surface area contributed by atoms with Gasteiger partial charge in [0.05, 0.1) is 17.4 Å². The lowest BCUT2D eigenvalue weighted by atomic mass is 10.1. The summed E-state index contributed by atoms with van der Waals surface area (Å²) in [7, 11) is 0. The third-order valence-electron chi connectivity index (χ3n) is 2.81. The van der Waals surface area contributed by atoms with Gasteiger partial charge in [-0.05, 0) is 17.2 Å². The van der Waals surface area contributed by atoms with Gasteiger partial charge in [0.15, 0.2) is 0 Å². The fraction of sp³-hybridized carbons (Fsp3) is 0.133. The van der Waals surface area contributed by atoms with E-state index in [1.165, 1.54) is 12.1 Å². The SMILES string of the molecule is O=C(O)Cc1ccc(COc2cccc([N+](=O)[O-])c2)cc1. The Labute approximate surface area is 120 Å². The van der Waals surface area contributed by atoms with Gasteiger partial charge >= 0.3 is 5.97 Å². The third kappa shape index (κ3) is 4.31.